The number of carbonyl (C=O) groups is 1. The summed E-state index contributed by atoms with van der Waals surface area (Å²) in [5, 5.41) is 7.81. The topological polar surface area (TPSA) is 63.1 Å². The van der Waals surface area contributed by atoms with E-state index < -0.39 is 0 Å². The number of nitrogens with zero attached hydrogens (tertiary/aromatic N) is 4. The van der Waals surface area contributed by atoms with Gasteiger partial charge in [-0.15, -0.1) is 11.3 Å². The van der Waals surface area contributed by atoms with Crippen molar-refractivity contribution in [1.82, 2.24) is 25.0 Å². The number of aryl methyl sites for hydroxylation is 3. The van der Waals surface area contributed by atoms with Crippen molar-refractivity contribution in [3.63, 3.8) is 0 Å². The number of hydrogen-bond acceptors (Lipinski definition) is 5. The van der Waals surface area contributed by atoms with Crippen molar-refractivity contribution in [1.29, 1.82) is 0 Å². The Hall–Kier alpha value is -1.73. The monoisotopic (exact) mass is 347 g/mol. The SMILES string of the molecule is Cc1cc(C)n(CC(=O)N(Cc2scnc2C)CC2CCNC2)n1. The molecule has 1 atom stereocenters. The molecule has 0 spiro atoms. The third-order valence-corrected chi connectivity index (χ3v) is 5.48. The van der Waals surface area contributed by atoms with Gasteiger partial charge in [-0.2, -0.15) is 5.10 Å². The van der Waals surface area contributed by atoms with Gasteiger partial charge >= 0.3 is 0 Å². The van der Waals surface area contributed by atoms with Crippen molar-refractivity contribution in [3.05, 3.63) is 33.5 Å². The zero-order valence-electron chi connectivity index (χ0n) is 14.6. The summed E-state index contributed by atoms with van der Waals surface area (Å²) in [6.45, 7) is 9.73. The van der Waals surface area contributed by atoms with E-state index in [1.807, 2.05) is 37.2 Å². The van der Waals surface area contributed by atoms with E-state index in [0.29, 0.717) is 19.0 Å². The molecule has 3 heterocycles. The molecule has 1 aliphatic heterocycles. The van der Waals surface area contributed by atoms with Crippen molar-refractivity contribution in [2.24, 2.45) is 5.92 Å². The molecule has 130 valence electrons. The summed E-state index contributed by atoms with van der Waals surface area (Å²) in [7, 11) is 0. The maximum Gasteiger partial charge on any atom is 0.244 e. The zero-order valence-corrected chi connectivity index (χ0v) is 15.4. The van der Waals surface area contributed by atoms with Crippen LogP contribution in [0.25, 0.3) is 0 Å². The maximum absolute atomic E-state index is 12.9. The fraction of sp³-hybridized carbons (Fsp3) is 0.588. The minimum absolute atomic E-state index is 0.126. The fourth-order valence-corrected chi connectivity index (χ4v) is 3.94. The predicted molar refractivity (Wildman–Crippen MR) is 94.9 cm³/mol. The quantitative estimate of drug-likeness (QED) is 0.867. The zero-order chi connectivity index (χ0) is 17.1. The Morgan fingerprint density at radius 1 is 1.46 bits per heavy atom. The van der Waals surface area contributed by atoms with Crippen LogP contribution in [0.1, 0.15) is 28.4 Å². The molecule has 2 aromatic rings. The minimum atomic E-state index is 0.126. The highest BCUT2D eigenvalue weighted by molar-refractivity contribution is 7.09. The first kappa shape index (κ1) is 17.1. The van der Waals surface area contributed by atoms with Gasteiger partial charge in [0.1, 0.15) is 6.54 Å². The van der Waals surface area contributed by atoms with Crippen molar-refractivity contribution in [2.45, 2.75) is 40.3 Å². The highest BCUT2D eigenvalue weighted by atomic mass is 32.1. The number of rotatable bonds is 6. The molecule has 24 heavy (non-hydrogen) atoms. The van der Waals surface area contributed by atoms with Crippen LogP contribution in [0.15, 0.2) is 11.6 Å². The first-order chi connectivity index (χ1) is 11.5. The summed E-state index contributed by atoms with van der Waals surface area (Å²) >= 11 is 1.62. The van der Waals surface area contributed by atoms with E-state index in [9.17, 15) is 4.79 Å². The largest absolute Gasteiger partial charge is 0.336 e. The van der Waals surface area contributed by atoms with Crippen LogP contribution >= 0.6 is 11.3 Å². The van der Waals surface area contributed by atoms with Gasteiger partial charge in [-0.25, -0.2) is 4.98 Å². The van der Waals surface area contributed by atoms with Gasteiger partial charge < -0.3 is 10.2 Å². The second-order valence-corrected chi connectivity index (χ2v) is 7.52. The standard InChI is InChI=1S/C17H25N5OS/c1-12-6-13(2)22(20-12)10-17(23)21(8-15-4-5-18-7-15)9-16-14(3)19-11-24-16/h6,11,15,18H,4-5,7-10H2,1-3H3. The summed E-state index contributed by atoms with van der Waals surface area (Å²) in [6, 6.07) is 2.01. The normalized spacial score (nSPS) is 17.4. The summed E-state index contributed by atoms with van der Waals surface area (Å²) in [5.41, 5.74) is 4.85. The molecule has 1 fully saturated rings. The molecule has 6 nitrogen and oxygen atoms in total. The van der Waals surface area contributed by atoms with E-state index in [1.54, 1.807) is 16.0 Å². The van der Waals surface area contributed by atoms with Gasteiger partial charge in [0, 0.05) is 17.1 Å². The molecular weight excluding hydrogens is 322 g/mol. The molecule has 3 rings (SSSR count). The van der Waals surface area contributed by atoms with Crippen LogP contribution < -0.4 is 5.32 Å². The average molecular weight is 347 g/mol. The molecule has 0 saturated carbocycles. The van der Waals surface area contributed by atoms with Gasteiger partial charge in [-0.1, -0.05) is 0 Å². The molecule has 1 amide bonds. The van der Waals surface area contributed by atoms with Gasteiger partial charge in [-0.3, -0.25) is 9.48 Å². The number of hydrogen-bond donors (Lipinski definition) is 1. The molecule has 0 bridgehead atoms. The number of nitrogens with one attached hydrogen (secondary N) is 1. The van der Waals surface area contributed by atoms with E-state index >= 15 is 0 Å². The maximum atomic E-state index is 12.9. The van der Waals surface area contributed by atoms with Crippen LogP contribution in [0, 0.1) is 26.7 Å². The lowest BCUT2D eigenvalue weighted by Gasteiger charge is -2.25. The van der Waals surface area contributed by atoms with Gasteiger partial charge in [0.05, 0.1) is 23.4 Å². The molecule has 0 aromatic carbocycles. The van der Waals surface area contributed by atoms with E-state index in [0.717, 1.165) is 43.1 Å². The highest BCUT2D eigenvalue weighted by Crippen LogP contribution is 2.18. The van der Waals surface area contributed by atoms with Crippen LogP contribution in [0.2, 0.25) is 0 Å². The molecule has 7 heteroatoms. The lowest BCUT2D eigenvalue weighted by atomic mass is 10.1. The Kier molecular flexibility index (Phi) is 5.30. The van der Waals surface area contributed by atoms with E-state index in [2.05, 4.69) is 15.4 Å². The summed E-state index contributed by atoms with van der Waals surface area (Å²) in [6.07, 6.45) is 1.13. The summed E-state index contributed by atoms with van der Waals surface area (Å²) < 4.78 is 1.80. The van der Waals surface area contributed by atoms with Crippen molar-refractivity contribution >= 4 is 17.2 Å². The van der Waals surface area contributed by atoms with Crippen LogP contribution in [-0.4, -0.2) is 45.2 Å². The van der Waals surface area contributed by atoms with Crippen LogP contribution in [0.3, 0.4) is 0 Å². The van der Waals surface area contributed by atoms with E-state index in [1.165, 1.54) is 4.88 Å². The van der Waals surface area contributed by atoms with Crippen LogP contribution in [0.4, 0.5) is 0 Å². The Balaban J connectivity index is 1.73. The number of carbonyl (C=O) groups excluding carboxylic acids is 1. The molecular formula is C17H25N5OS. The molecule has 2 aromatic heterocycles. The number of amides is 1. The number of thiazole rings is 1. The third kappa shape index (κ3) is 4.02. The van der Waals surface area contributed by atoms with Gasteiger partial charge in [0.2, 0.25) is 5.91 Å². The van der Waals surface area contributed by atoms with Crippen molar-refractivity contribution < 1.29 is 4.79 Å². The first-order valence-corrected chi connectivity index (χ1v) is 9.29. The van der Waals surface area contributed by atoms with Gasteiger partial charge in [-0.05, 0) is 52.3 Å². The fourth-order valence-electron chi connectivity index (χ4n) is 3.15. The first-order valence-electron chi connectivity index (χ1n) is 8.41. The van der Waals surface area contributed by atoms with Gasteiger partial charge in [0.15, 0.2) is 0 Å². The Morgan fingerprint density at radius 2 is 2.29 bits per heavy atom. The van der Waals surface area contributed by atoms with Crippen LogP contribution in [-0.2, 0) is 17.9 Å². The Bertz CT molecular complexity index is 702. The summed E-state index contributed by atoms with van der Waals surface area (Å²) in [5.74, 6) is 0.656. The van der Waals surface area contributed by atoms with Crippen LogP contribution in [0.5, 0.6) is 0 Å². The van der Waals surface area contributed by atoms with Crippen molar-refractivity contribution in [2.75, 3.05) is 19.6 Å². The number of aromatic nitrogens is 3. The van der Waals surface area contributed by atoms with Gasteiger partial charge in [0.25, 0.3) is 0 Å². The smallest absolute Gasteiger partial charge is 0.244 e. The van der Waals surface area contributed by atoms with E-state index in [4.69, 9.17) is 0 Å². The highest BCUT2D eigenvalue weighted by Gasteiger charge is 2.23. The predicted octanol–water partition coefficient (Wildman–Crippen LogP) is 1.90. The lowest BCUT2D eigenvalue weighted by molar-refractivity contribution is -0.133. The molecule has 1 saturated heterocycles. The molecule has 1 unspecified atom stereocenters. The average Bonchev–Trinajstić information content (AvgIpc) is 3.24. The second-order valence-electron chi connectivity index (χ2n) is 6.58. The Morgan fingerprint density at radius 3 is 2.88 bits per heavy atom. The summed E-state index contributed by atoms with van der Waals surface area (Å²) in [4.78, 5) is 20.4. The Labute approximate surface area is 146 Å². The minimum Gasteiger partial charge on any atom is -0.336 e. The van der Waals surface area contributed by atoms with Crippen molar-refractivity contribution in [3.8, 4) is 0 Å². The lowest BCUT2D eigenvalue weighted by Crippen LogP contribution is -2.38. The molecule has 0 aliphatic carbocycles. The molecule has 1 aliphatic rings. The second kappa shape index (κ2) is 7.44. The van der Waals surface area contributed by atoms with E-state index in [-0.39, 0.29) is 5.91 Å². The molecule has 1 N–H and O–H groups in total. The molecule has 0 radical (unpaired) electrons. The third-order valence-electron chi connectivity index (χ3n) is 4.56.